The topological polar surface area (TPSA) is 78.9 Å². The minimum absolute atomic E-state index is 0.101. The second-order valence-corrected chi connectivity index (χ2v) is 5.69. The molecule has 25 heavy (non-hydrogen) atoms. The molecule has 1 atom stereocenters. The normalized spacial score (nSPS) is 17.1. The third-order valence-corrected chi connectivity index (χ3v) is 4.16. The number of fused-ring (bicyclic) bond motifs is 4. The van der Waals surface area contributed by atoms with Gasteiger partial charge in [0, 0.05) is 16.7 Å². The van der Waals surface area contributed by atoms with Gasteiger partial charge in [0.15, 0.2) is 23.1 Å². The van der Waals surface area contributed by atoms with Crippen LogP contribution >= 0.6 is 0 Å². The first-order valence-corrected chi connectivity index (χ1v) is 7.94. The first-order valence-electron chi connectivity index (χ1n) is 7.94. The molecule has 126 valence electrons. The molecular weight excluding hydrogens is 324 g/mol. The minimum atomic E-state index is -0.874. The molecule has 6 nitrogen and oxygen atoms in total. The Hall–Kier alpha value is -3.15. The summed E-state index contributed by atoms with van der Waals surface area (Å²) in [4.78, 5) is 37.2. The molecule has 4 rings (SSSR count). The smallest absolute Gasteiger partial charge is 0.313 e. The summed E-state index contributed by atoms with van der Waals surface area (Å²) < 4.78 is 16.1. The van der Waals surface area contributed by atoms with Crippen molar-refractivity contribution < 1.29 is 28.6 Å². The van der Waals surface area contributed by atoms with Crippen LogP contribution in [0.1, 0.15) is 45.2 Å². The second kappa shape index (κ2) is 5.73. The molecule has 0 saturated heterocycles. The maximum atomic E-state index is 12.9. The summed E-state index contributed by atoms with van der Waals surface area (Å²) in [6, 6.07) is 9.81. The van der Waals surface area contributed by atoms with E-state index in [9.17, 15) is 14.4 Å². The lowest BCUT2D eigenvalue weighted by molar-refractivity contribution is -0.147. The molecule has 6 heteroatoms. The van der Waals surface area contributed by atoms with Crippen LogP contribution < -0.4 is 9.47 Å². The maximum Gasteiger partial charge on any atom is 0.313 e. The van der Waals surface area contributed by atoms with Crippen LogP contribution in [0.25, 0.3) is 0 Å². The van der Waals surface area contributed by atoms with Gasteiger partial charge in [0.1, 0.15) is 6.42 Å². The van der Waals surface area contributed by atoms with Crippen LogP contribution in [0.15, 0.2) is 36.4 Å². The maximum absolute atomic E-state index is 12.9. The fourth-order valence-electron chi connectivity index (χ4n) is 3.08. The molecule has 0 bridgehead atoms. The molecule has 0 aromatic heterocycles. The fourth-order valence-corrected chi connectivity index (χ4v) is 3.08. The molecule has 1 heterocycles. The number of carbonyl (C=O) groups excluding carboxylic acids is 3. The van der Waals surface area contributed by atoms with Crippen molar-refractivity contribution in [3.8, 4) is 11.5 Å². The SMILES string of the molecule is CCOC(=O)CC1Oc2ccc3c(c2O1)C(=O)c1ccccc1C3=O. The number of carbonyl (C=O) groups is 3. The zero-order valence-electron chi connectivity index (χ0n) is 13.4. The average Bonchev–Trinajstić information content (AvgIpc) is 3.01. The van der Waals surface area contributed by atoms with E-state index in [0.717, 1.165) is 0 Å². The Balaban J connectivity index is 1.72. The van der Waals surface area contributed by atoms with E-state index in [0.29, 0.717) is 16.9 Å². The van der Waals surface area contributed by atoms with E-state index in [-0.39, 0.29) is 41.5 Å². The van der Waals surface area contributed by atoms with Gasteiger partial charge in [-0.3, -0.25) is 14.4 Å². The highest BCUT2D eigenvalue weighted by molar-refractivity contribution is 6.29. The number of hydrogen-bond donors (Lipinski definition) is 0. The number of rotatable bonds is 3. The quantitative estimate of drug-likeness (QED) is 0.683. The molecule has 2 aliphatic rings. The number of hydrogen-bond acceptors (Lipinski definition) is 6. The van der Waals surface area contributed by atoms with Crippen LogP contribution in [0, 0.1) is 0 Å². The summed E-state index contributed by atoms with van der Waals surface area (Å²) in [7, 11) is 0. The summed E-state index contributed by atoms with van der Waals surface area (Å²) in [6.45, 7) is 1.97. The zero-order chi connectivity index (χ0) is 17.6. The molecule has 0 radical (unpaired) electrons. The van der Waals surface area contributed by atoms with Crippen molar-refractivity contribution in [3.05, 3.63) is 58.7 Å². The third-order valence-electron chi connectivity index (χ3n) is 4.16. The van der Waals surface area contributed by atoms with E-state index in [1.807, 2.05) is 0 Å². The van der Waals surface area contributed by atoms with Gasteiger partial charge in [-0.15, -0.1) is 0 Å². The van der Waals surface area contributed by atoms with E-state index in [4.69, 9.17) is 14.2 Å². The van der Waals surface area contributed by atoms with Crippen molar-refractivity contribution in [1.82, 2.24) is 0 Å². The van der Waals surface area contributed by atoms with Gasteiger partial charge in [-0.25, -0.2) is 0 Å². The summed E-state index contributed by atoms with van der Waals surface area (Å²) in [5.41, 5.74) is 1.18. The van der Waals surface area contributed by atoms with Crippen LogP contribution in [0.4, 0.5) is 0 Å². The number of ketones is 2. The highest BCUT2D eigenvalue weighted by Crippen LogP contribution is 2.43. The van der Waals surface area contributed by atoms with Crippen molar-refractivity contribution in [2.24, 2.45) is 0 Å². The predicted octanol–water partition coefficient (Wildman–Crippen LogP) is 2.51. The Bertz CT molecular complexity index is 914. The molecule has 0 spiro atoms. The summed E-state index contributed by atoms with van der Waals surface area (Å²) in [5.74, 6) is -0.428. The largest absolute Gasteiger partial charge is 0.466 e. The van der Waals surface area contributed by atoms with Gasteiger partial charge in [-0.1, -0.05) is 24.3 Å². The average molecular weight is 338 g/mol. The van der Waals surface area contributed by atoms with Gasteiger partial charge in [0.2, 0.25) is 0 Å². The Morgan fingerprint density at radius 3 is 2.44 bits per heavy atom. The van der Waals surface area contributed by atoms with Crippen LogP contribution in [-0.2, 0) is 9.53 Å². The third kappa shape index (κ3) is 2.38. The van der Waals surface area contributed by atoms with E-state index in [1.54, 1.807) is 43.3 Å². The predicted molar refractivity (Wildman–Crippen MR) is 86.0 cm³/mol. The van der Waals surface area contributed by atoms with Crippen LogP contribution in [0.2, 0.25) is 0 Å². The van der Waals surface area contributed by atoms with E-state index < -0.39 is 12.3 Å². The van der Waals surface area contributed by atoms with E-state index in [1.165, 1.54) is 0 Å². The van der Waals surface area contributed by atoms with Crippen LogP contribution in [0.3, 0.4) is 0 Å². The van der Waals surface area contributed by atoms with Gasteiger partial charge < -0.3 is 14.2 Å². The molecule has 2 aromatic rings. The first kappa shape index (κ1) is 15.4. The molecule has 0 N–H and O–H groups in total. The molecule has 1 aliphatic carbocycles. The van der Waals surface area contributed by atoms with Gasteiger partial charge in [-0.05, 0) is 19.1 Å². The molecular formula is C19H14O6. The van der Waals surface area contributed by atoms with Crippen molar-refractivity contribution in [2.75, 3.05) is 6.61 Å². The molecule has 1 unspecified atom stereocenters. The highest BCUT2D eigenvalue weighted by Gasteiger charge is 2.38. The van der Waals surface area contributed by atoms with Crippen LogP contribution in [0.5, 0.6) is 11.5 Å². The lowest BCUT2D eigenvalue weighted by Crippen LogP contribution is -2.24. The molecule has 0 saturated carbocycles. The summed E-state index contributed by atoms with van der Waals surface area (Å²) >= 11 is 0. The van der Waals surface area contributed by atoms with E-state index in [2.05, 4.69) is 0 Å². The lowest BCUT2D eigenvalue weighted by Gasteiger charge is -2.18. The fraction of sp³-hybridized carbons (Fsp3) is 0.211. The molecule has 2 aromatic carbocycles. The second-order valence-electron chi connectivity index (χ2n) is 5.69. The number of benzene rings is 2. The number of esters is 1. The highest BCUT2D eigenvalue weighted by atomic mass is 16.7. The minimum Gasteiger partial charge on any atom is -0.466 e. The summed E-state index contributed by atoms with van der Waals surface area (Å²) in [5, 5.41) is 0. The zero-order valence-corrected chi connectivity index (χ0v) is 13.4. The Morgan fingerprint density at radius 2 is 1.72 bits per heavy atom. The van der Waals surface area contributed by atoms with E-state index >= 15 is 0 Å². The first-order chi connectivity index (χ1) is 12.1. The Labute approximate surface area is 143 Å². The van der Waals surface area contributed by atoms with Crippen molar-refractivity contribution in [1.29, 1.82) is 0 Å². The monoisotopic (exact) mass is 338 g/mol. The lowest BCUT2D eigenvalue weighted by atomic mass is 9.83. The standard InChI is InChI=1S/C19H14O6/c1-2-23-14(20)9-15-24-13-8-7-12-16(19(13)25-15)18(22)11-6-4-3-5-10(11)17(12)21/h3-8,15H,2,9H2,1H3. The Kier molecular flexibility index (Phi) is 3.53. The molecule has 0 fully saturated rings. The molecule has 0 amide bonds. The Morgan fingerprint density at radius 1 is 1.00 bits per heavy atom. The van der Waals surface area contributed by atoms with Gasteiger partial charge >= 0.3 is 5.97 Å². The summed E-state index contributed by atoms with van der Waals surface area (Å²) in [6.07, 6.45) is -0.976. The van der Waals surface area contributed by atoms with Crippen LogP contribution in [-0.4, -0.2) is 30.4 Å². The van der Waals surface area contributed by atoms with Gasteiger partial charge in [-0.2, -0.15) is 0 Å². The van der Waals surface area contributed by atoms with Crippen molar-refractivity contribution in [2.45, 2.75) is 19.6 Å². The molecule has 1 aliphatic heterocycles. The van der Waals surface area contributed by atoms with Gasteiger partial charge in [0.25, 0.3) is 6.29 Å². The van der Waals surface area contributed by atoms with Gasteiger partial charge in [0.05, 0.1) is 12.2 Å². The number of ether oxygens (including phenoxy) is 3. The van der Waals surface area contributed by atoms with Crippen molar-refractivity contribution >= 4 is 17.5 Å². The van der Waals surface area contributed by atoms with Crippen molar-refractivity contribution in [3.63, 3.8) is 0 Å².